The molecule has 0 saturated heterocycles. The molecule has 0 aliphatic heterocycles. The van der Waals surface area contributed by atoms with Crippen molar-refractivity contribution < 1.29 is 18.3 Å². The number of benzene rings is 1. The highest BCUT2D eigenvalue weighted by atomic mass is 31.2. The van der Waals surface area contributed by atoms with Crippen LogP contribution >= 0.6 is 7.60 Å². The summed E-state index contributed by atoms with van der Waals surface area (Å²) in [5, 5.41) is 0. The van der Waals surface area contributed by atoms with Gasteiger partial charge in [-0.05, 0) is 37.5 Å². The van der Waals surface area contributed by atoms with Gasteiger partial charge in [0.15, 0.2) is 6.35 Å². The third-order valence-electron chi connectivity index (χ3n) is 2.57. The van der Waals surface area contributed by atoms with Gasteiger partial charge in [0, 0.05) is 0 Å². The van der Waals surface area contributed by atoms with Crippen LogP contribution in [0.2, 0.25) is 0 Å². The molecule has 5 heteroatoms. The summed E-state index contributed by atoms with van der Waals surface area (Å²) < 4.78 is 28.1. The molecule has 1 aromatic carbocycles. The van der Waals surface area contributed by atoms with Crippen LogP contribution in [0, 0.1) is 0 Å². The Morgan fingerprint density at radius 2 is 1.79 bits per heavy atom. The molecule has 4 nitrogen and oxygen atoms in total. The summed E-state index contributed by atoms with van der Waals surface area (Å²) in [5.41, 5.74) is 1.18. The van der Waals surface area contributed by atoms with Crippen molar-refractivity contribution in [3.05, 3.63) is 29.8 Å². The normalized spacial score (nSPS) is 11.8. The maximum Gasteiger partial charge on any atom is 0.367 e. The van der Waals surface area contributed by atoms with E-state index in [-0.39, 0.29) is 6.35 Å². The Bertz CT molecular complexity index is 421. The van der Waals surface area contributed by atoms with Gasteiger partial charge in [0.1, 0.15) is 5.75 Å². The van der Waals surface area contributed by atoms with E-state index in [0.717, 1.165) is 0 Å². The van der Waals surface area contributed by atoms with Crippen LogP contribution in [0.5, 0.6) is 5.75 Å². The van der Waals surface area contributed by atoms with Gasteiger partial charge in [0.25, 0.3) is 0 Å². The molecule has 0 aliphatic carbocycles. The zero-order valence-electron chi connectivity index (χ0n) is 12.1. The van der Waals surface area contributed by atoms with E-state index in [1.807, 2.05) is 24.3 Å². The summed E-state index contributed by atoms with van der Waals surface area (Å²) in [5.74, 6) is 1.11. The van der Waals surface area contributed by atoms with Gasteiger partial charge in [-0.3, -0.25) is 4.57 Å². The van der Waals surface area contributed by atoms with Crippen molar-refractivity contribution in [3.8, 4) is 5.75 Å². The molecule has 0 aromatic heterocycles. The van der Waals surface area contributed by atoms with E-state index in [1.165, 1.54) is 5.56 Å². The SMILES string of the molecule is CCOP(=O)(COc1cccc(C(C)C)c1)OCC. The summed E-state index contributed by atoms with van der Waals surface area (Å²) in [6.45, 7) is 8.48. The molecule has 1 rings (SSSR count). The molecule has 0 heterocycles. The van der Waals surface area contributed by atoms with Crippen molar-refractivity contribution in [1.82, 2.24) is 0 Å². The van der Waals surface area contributed by atoms with E-state index >= 15 is 0 Å². The first-order valence-electron chi connectivity index (χ1n) is 6.61. The smallest absolute Gasteiger partial charge is 0.367 e. The van der Waals surface area contributed by atoms with E-state index < -0.39 is 7.60 Å². The standard InChI is InChI=1S/C14H23O4P/c1-5-17-19(15,18-6-2)11-16-14-9-7-8-13(10-14)12(3)4/h7-10,12H,5-6,11H2,1-4H3. The highest BCUT2D eigenvalue weighted by Crippen LogP contribution is 2.47. The molecule has 0 spiro atoms. The maximum atomic E-state index is 12.2. The largest absolute Gasteiger partial charge is 0.481 e. The minimum absolute atomic E-state index is 0.0593. The summed E-state index contributed by atoms with van der Waals surface area (Å²) in [7, 11) is -3.15. The van der Waals surface area contributed by atoms with Crippen molar-refractivity contribution in [1.29, 1.82) is 0 Å². The van der Waals surface area contributed by atoms with Crippen LogP contribution in [-0.2, 0) is 13.6 Å². The minimum Gasteiger partial charge on any atom is -0.481 e. The number of rotatable bonds is 8. The Hall–Kier alpha value is -0.830. The van der Waals surface area contributed by atoms with E-state index in [1.54, 1.807) is 13.8 Å². The van der Waals surface area contributed by atoms with Gasteiger partial charge >= 0.3 is 7.60 Å². The highest BCUT2D eigenvalue weighted by molar-refractivity contribution is 7.53. The Kier molecular flexibility index (Phi) is 6.56. The van der Waals surface area contributed by atoms with Crippen molar-refractivity contribution in [2.45, 2.75) is 33.6 Å². The fraction of sp³-hybridized carbons (Fsp3) is 0.571. The van der Waals surface area contributed by atoms with Crippen LogP contribution < -0.4 is 4.74 Å². The van der Waals surface area contributed by atoms with Crippen molar-refractivity contribution >= 4 is 7.60 Å². The lowest BCUT2D eigenvalue weighted by atomic mass is 10.0. The quantitative estimate of drug-likeness (QED) is 0.664. The molecule has 19 heavy (non-hydrogen) atoms. The van der Waals surface area contributed by atoms with Gasteiger partial charge in [0.2, 0.25) is 0 Å². The molecular formula is C14H23O4P. The average molecular weight is 286 g/mol. The Morgan fingerprint density at radius 3 is 2.32 bits per heavy atom. The topological polar surface area (TPSA) is 44.8 Å². The first kappa shape index (κ1) is 16.2. The fourth-order valence-corrected chi connectivity index (χ4v) is 2.94. The summed E-state index contributed by atoms with van der Waals surface area (Å²) in [6.07, 6.45) is -0.0593. The molecule has 0 radical (unpaired) electrons. The Morgan fingerprint density at radius 1 is 1.16 bits per heavy atom. The Labute approximate surface area is 115 Å². The van der Waals surface area contributed by atoms with Crippen LogP contribution in [0.25, 0.3) is 0 Å². The van der Waals surface area contributed by atoms with E-state index in [4.69, 9.17) is 13.8 Å². The van der Waals surface area contributed by atoms with Crippen LogP contribution in [0.15, 0.2) is 24.3 Å². The molecule has 0 amide bonds. The molecular weight excluding hydrogens is 263 g/mol. The lowest BCUT2D eigenvalue weighted by molar-refractivity contribution is 0.197. The van der Waals surface area contributed by atoms with Crippen LogP contribution in [0.3, 0.4) is 0 Å². The zero-order chi connectivity index (χ0) is 14.3. The van der Waals surface area contributed by atoms with Gasteiger partial charge in [-0.25, -0.2) is 0 Å². The number of ether oxygens (including phenoxy) is 1. The van der Waals surface area contributed by atoms with Crippen LogP contribution in [-0.4, -0.2) is 19.6 Å². The monoisotopic (exact) mass is 286 g/mol. The van der Waals surface area contributed by atoms with Crippen molar-refractivity contribution in [2.24, 2.45) is 0 Å². The van der Waals surface area contributed by atoms with Gasteiger partial charge in [-0.2, -0.15) is 0 Å². The van der Waals surface area contributed by atoms with E-state index in [0.29, 0.717) is 24.9 Å². The molecule has 0 aliphatic rings. The maximum absolute atomic E-state index is 12.2. The summed E-state index contributed by atoms with van der Waals surface area (Å²) >= 11 is 0. The average Bonchev–Trinajstić information content (AvgIpc) is 2.37. The lowest BCUT2D eigenvalue weighted by Gasteiger charge is -2.17. The molecule has 108 valence electrons. The lowest BCUT2D eigenvalue weighted by Crippen LogP contribution is -2.05. The third kappa shape index (κ3) is 5.35. The predicted octanol–water partition coefficient (Wildman–Crippen LogP) is 4.41. The van der Waals surface area contributed by atoms with Crippen molar-refractivity contribution in [3.63, 3.8) is 0 Å². The van der Waals surface area contributed by atoms with Gasteiger partial charge in [0.05, 0.1) is 13.2 Å². The first-order chi connectivity index (χ1) is 9.00. The minimum atomic E-state index is -3.15. The molecule has 0 atom stereocenters. The predicted molar refractivity (Wildman–Crippen MR) is 76.9 cm³/mol. The van der Waals surface area contributed by atoms with Gasteiger partial charge < -0.3 is 13.8 Å². The second-order valence-corrected chi connectivity index (χ2v) is 6.44. The van der Waals surface area contributed by atoms with E-state index in [2.05, 4.69) is 13.8 Å². The molecule has 1 aromatic rings. The molecule has 0 saturated carbocycles. The van der Waals surface area contributed by atoms with Crippen molar-refractivity contribution in [2.75, 3.05) is 19.6 Å². The van der Waals surface area contributed by atoms with E-state index in [9.17, 15) is 4.57 Å². The highest BCUT2D eigenvalue weighted by Gasteiger charge is 2.24. The second-order valence-electron chi connectivity index (χ2n) is 4.45. The molecule has 0 N–H and O–H groups in total. The van der Waals surface area contributed by atoms with Gasteiger partial charge in [-0.1, -0.05) is 26.0 Å². The summed E-state index contributed by atoms with van der Waals surface area (Å²) in [6, 6.07) is 7.76. The Balaban J connectivity index is 2.69. The molecule has 0 bridgehead atoms. The van der Waals surface area contributed by atoms with Gasteiger partial charge in [-0.15, -0.1) is 0 Å². The summed E-state index contributed by atoms with van der Waals surface area (Å²) in [4.78, 5) is 0. The second kappa shape index (κ2) is 7.68. The first-order valence-corrected chi connectivity index (χ1v) is 8.34. The fourth-order valence-electron chi connectivity index (χ4n) is 1.62. The number of hydrogen-bond acceptors (Lipinski definition) is 4. The molecule has 0 unspecified atom stereocenters. The molecule has 0 fully saturated rings. The zero-order valence-corrected chi connectivity index (χ0v) is 13.0. The third-order valence-corrected chi connectivity index (χ3v) is 4.31. The van der Waals surface area contributed by atoms with Crippen LogP contribution in [0.1, 0.15) is 39.2 Å². The van der Waals surface area contributed by atoms with Crippen LogP contribution in [0.4, 0.5) is 0 Å². The number of hydrogen-bond donors (Lipinski definition) is 0.